The molecule has 1 aromatic rings. The van der Waals surface area contributed by atoms with Crippen molar-refractivity contribution >= 4 is 29.3 Å². The maximum Gasteiger partial charge on any atom is 0.235 e. The first kappa shape index (κ1) is 13.7. The van der Waals surface area contributed by atoms with E-state index in [0.717, 1.165) is 4.90 Å². The van der Waals surface area contributed by atoms with Gasteiger partial charge in [0.15, 0.2) is 0 Å². The van der Waals surface area contributed by atoms with E-state index < -0.39 is 0 Å². The van der Waals surface area contributed by atoms with Gasteiger partial charge in [0.1, 0.15) is 0 Å². The normalized spacial score (nSPS) is 17.6. The van der Waals surface area contributed by atoms with Crippen LogP contribution >= 0.6 is 23.4 Å². The second-order valence-corrected chi connectivity index (χ2v) is 6.00. The molecule has 0 N–H and O–H groups in total. The van der Waals surface area contributed by atoms with Gasteiger partial charge in [-0.05, 0) is 31.2 Å². The lowest BCUT2D eigenvalue weighted by atomic mass is 10.3. The Kier molecular flexibility index (Phi) is 4.92. The van der Waals surface area contributed by atoms with Gasteiger partial charge in [0.25, 0.3) is 0 Å². The molecule has 0 aromatic heterocycles. The average Bonchev–Trinajstić information content (AvgIpc) is 2.41. The van der Waals surface area contributed by atoms with E-state index in [1.807, 2.05) is 36.1 Å². The summed E-state index contributed by atoms with van der Waals surface area (Å²) in [6.07, 6.45) is 0. The van der Waals surface area contributed by atoms with Gasteiger partial charge in [0.05, 0.1) is 18.5 Å². The minimum absolute atomic E-state index is 0.0794. The van der Waals surface area contributed by atoms with Crippen LogP contribution in [0.4, 0.5) is 0 Å². The maximum atomic E-state index is 12.2. The zero-order valence-corrected chi connectivity index (χ0v) is 11.8. The van der Waals surface area contributed by atoms with Crippen molar-refractivity contribution in [1.82, 2.24) is 4.90 Å². The summed E-state index contributed by atoms with van der Waals surface area (Å²) in [7, 11) is 0. The minimum Gasteiger partial charge on any atom is -0.378 e. The van der Waals surface area contributed by atoms with Crippen LogP contribution < -0.4 is 0 Å². The summed E-state index contributed by atoms with van der Waals surface area (Å²) < 4.78 is 5.25. The number of ether oxygens (including phenoxy) is 1. The summed E-state index contributed by atoms with van der Waals surface area (Å²) >= 11 is 7.40. The Balaban J connectivity index is 1.92. The van der Waals surface area contributed by atoms with E-state index in [-0.39, 0.29) is 11.2 Å². The zero-order chi connectivity index (χ0) is 13.0. The summed E-state index contributed by atoms with van der Waals surface area (Å²) in [6, 6.07) is 7.57. The number of hydrogen-bond acceptors (Lipinski definition) is 3. The molecule has 1 amide bonds. The molecule has 1 aromatic carbocycles. The van der Waals surface area contributed by atoms with Crippen molar-refractivity contribution in [2.75, 3.05) is 26.3 Å². The molecule has 1 aliphatic rings. The van der Waals surface area contributed by atoms with Crippen LogP contribution in [-0.4, -0.2) is 42.4 Å². The summed E-state index contributed by atoms with van der Waals surface area (Å²) in [5.74, 6) is 0.179. The van der Waals surface area contributed by atoms with Crippen molar-refractivity contribution in [3.63, 3.8) is 0 Å². The molecule has 2 rings (SSSR count). The highest BCUT2D eigenvalue weighted by atomic mass is 35.5. The summed E-state index contributed by atoms with van der Waals surface area (Å²) in [6.45, 7) is 4.62. The molecule has 1 saturated heterocycles. The van der Waals surface area contributed by atoms with Gasteiger partial charge in [-0.1, -0.05) is 11.6 Å². The van der Waals surface area contributed by atoms with E-state index >= 15 is 0 Å². The smallest absolute Gasteiger partial charge is 0.235 e. The molecular weight excluding hydrogens is 270 g/mol. The molecule has 0 radical (unpaired) electrons. The Labute approximate surface area is 116 Å². The minimum atomic E-state index is -0.0794. The SMILES string of the molecule is C[C@H](Sc1ccc(Cl)cc1)C(=O)N1CCOCC1. The van der Waals surface area contributed by atoms with Crippen LogP contribution in [0.25, 0.3) is 0 Å². The van der Waals surface area contributed by atoms with Crippen LogP contribution in [0.3, 0.4) is 0 Å². The predicted molar refractivity (Wildman–Crippen MR) is 74.2 cm³/mol. The van der Waals surface area contributed by atoms with Crippen LogP contribution in [0.1, 0.15) is 6.92 Å². The van der Waals surface area contributed by atoms with Crippen molar-refractivity contribution in [3.8, 4) is 0 Å². The topological polar surface area (TPSA) is 29.5 Å². The Hall–Kier alpha value is -0.710. The van der Waals surface area contributed by atoms with Crippen molar-refractivity contribution in [2.24, 2.45) is 0 Å². The number of nitrogens with zero attached hydrogens (tertiary/aromatic N) is 1. The molecule has 1 heterocycles. The van der Waals surface area contributed by atoms with E-state index in [1.165, 1.54) is 0 Å². The number of halogens is 1. The van der Waals surface area contributed by atoms with Crippen molar-refractivity contribution in [2.45, 2.75) is 17.1 Å². The highest BCUT2D eigenvalue weighted by Gasteiger charge is 2.22. The lowest BCUT2D eigenvalue weighted by Gasteiger charge is -2.29. The Bertz CT molecular complexity index is 404. The molecular formula is C13H16ClNO2S. The van der Waals surface area contributed by atoms with Crippen LogP contribution in [0.15, 0.2) is 29.2 Å². The third-order valence-corrected chi connectivity index (χ3v) is 4.15. The molecule has 1 atom stereocenters. The van der Waals surface area contributed by atoms with Gasteiger partial charge in [0, 0.05) is 23.0 Å². The fraction of sp³-hybridized carbons (Fsp3) is 0.462. The molecule has 1 fully saturated rings. The first-order chi connectivity index (χ1) is 8.66. The lowest BCUT2D eigenvalue weighted by Crippen LogP contribution is -2.44. The number of carbonyl (C=O) groups excluding carboxylic acids is 1. The molecule has 1 aliphatic heterocycles. The monoisotopic (exact) mass is 285 g/mol. The summed E-state index contributed by atoms with van der Waals surface area (Å²) in [5.41, 5.74) is 0. The van der Waals surface area contributed by atoms with Crippen LogP contribution in [0.5, 0.6) is 0 Å². The van der Waals surface area contributed by atoms with E-state index in [4.69, 9.17) is 16.3 Å². The second-order valence-electron chi connectivity index (χ2n) is 4.15. The van der Waals surface area contributed by atoms with Crippen molar-refractivity contribution in [3.05, 3.63) is 29.3 Å². The third kappa shape index (κ3) is 3.64. The first-order valence-electron chi connectivity index (χ1n) is 5.95. The number of benzene rings is 1. The molecule has 0 unspecified atom stereocenters. The van der Waals surface area contributed by atoms with Gasteiger partial charge >= 0.3 is 0 Å². The highest BCUT2D eigenvalue weighted by molar-refractivity contribution is 8.00. The van der Waals surface area contributed by atoms with Gasteiger partial charge in [-0.25, -0.2) is 0 Å². The third-order valence-electron chi connectivity index (χ3n) is 2.80. The van der Waals surface area contributed by atoms with Gasteiger partial charge in [-0.15, -0.1) is 11.8 Å². The number of amides is 1. The van der Waals surface area contributed by atoms with Gasteiger partial charge in [-0.2, -0.15) is 0 Å². The molecule has 0 saturated carbocycles. The Morgan fingerprint density at radius 2 is 1.94 bits per heavy atom. The zero-order valence-electron chi connectivity index (χ0n) is 10.3. The van der Waals surface area contributed by atoms with Crippen molar-refractivity contribution < 1.29 is 9.53 Å². The largest absolute Gasteiger partial charge is 0.378 e. The fourth-order valence-corrected chi connectivity index (χ4v) is 2.89. The van der Waals surface area contributed by atoms with Crippen LogP contribution in [-0.2, 0) is 9.53 Å². The van der Waals surface area contributed by atoms with Gasteiger partial charge in [-0.3, -0.25) is 4.79 Å². The molecule has 18 heavy (non-hydrogen) atoms. The van der Waals surface area contributed by atoms with E-state index in [9.17, 15) is 4.79 Å². The standard InChI is InChI=1S/C13H16ClNO2S/c1-10(13(16)15-6-8-17-9-7-15)18-12-4-2-11(14)3-5-12/h2-5,10H,6-9H2,1H3/t10-/m0/s1. The number of morpholine rings is 1. The number of thioether (sulfide) groups is 1. The lowest BCUT2D eigenvalue weighted by molar-refractivity contribution is -0.134. The maximum absolute atomic E-state index is 12.2. The van der Waals surface area contributed by atoms with Gasteiger partial charge < -0.3 is 9.64 Å². The van der Waals surface area contributed by atoms with Gasteiger partial charge in [0.2, 0.25) is 5.91 Å². The average molecular weight is 286 g/mol. The Morgan fingerprint density at radius 1 is 1.33 bits per heavy atom. The molecule has 98 valence electrons. The van der Waals surface area contributed by atoms with Crippen molar-refractivity contribution in [1.29, 1.82) is 0 Å². The van der Waals surface area contributed by atoms with Crippen LogP contribution in [0, 0.1) is 0 Å². The summed E-state index contributed by atoms with van der Waals surface area (Å²) in [5, 5.41) is 0.635. The van der Waals surface area contributed by atoms with E-state index in [1.54, 1.807) is 11.8 Å². The number of carbonyl (C=O) groups is 1. The first-order valence-corrected chi connectivity index (χ1v) is 7.21. The molecule has 0 spiro atoms. The highest BCUT2D eigenvalue weighted by Crippen LogP contribution is 2.25. The van der Waals surface area contributed by atoms with E-state index in [2.05, 4.69) is 0 Å². The number of hydrogen-bond donors (Lipinski definition) is 0. The molecule has 5 heteroatoms. The number of rotatable bonds is 3. The fourth-order valence-electron chi connectivity index (χ4n) is 1.81. The quantitative estimate of drug-likeness (QED) is 0.800. The molecule has 0 bridgehead atoms. The summed E-state index contributed by atoms with van der Waals surface area (Å²) in [4.78, 5) is 15.1. The second kappa shape index (κ2) is 6.45. The van der Waals surface area contributed by atoms with Crippen LogP contribution in [0.2, 0.25) is 5.02 Å². The van der Waals surface area contributed by atoms with E-state index in [0.29, 0.717) is 31.3 Å². The Morgan fingerprint density at radius 3 is 2.56 bits per heavy atom. The molecule has 3 nitrogen and oxygen atoms in total. The predicted octanol–water partition coefficient (Wildman–Crippen LogP) is 2.68. The molecule has 0 aliphatic carbocycles.